The summed E-state index contributed by atoms with van der Waals surface area (Å²) in [4.78, 5) is 31.1. The Bertz CT molecular complexity index is 2190. The summed E-state index contributed by atoms with van der Waals surface area (Å²) in [6.07, 6.45) is 9.39. The molecule has 0 amide bonds. The Morgan fingerprint density at radius 2 is 1.73 bits per heavy atom. The number of rotatable bonds is 19. The number of hydrogen-bond donors (Lipinski definition) is 5. The van der Waals surface area contributed by atoms with E-state index in [0.717, 1.165) is 72.7 Å². The minimum absolute atomic E-state index is 0.124. The lowest BCUT2D eigenvalue weighted by atomic mass is 9.53. The molecule has 60 heavy (non-hydrogen) atoms. The molecule has 322 valence electrons. The third-order valence-corrected chi connectivity index (χ3v) is 13.9. The molecule has 4 bridgehead atoms. The number of nitrogens with one attached hydrogen (secondary N) is 1. The number of aliphatic hydroxyl groups excluding tert-OH is 2. The fourth-order valence-corrected chi connectivity index (χ4v) is 11.7. The maximum Gasteiger partial charge on any atom is 0.355 e. The lowest BCUT2D eigenvalue weighted by Crippen LogP contribution is -2.53. The van der Waals surface area contributed by atoms with Crippen molar-refractivity contribution in [1.29, 1.82) is 0 Å². The maximum atomic E-state index is 12.8. The van der Waals surface area contributed by atoms with E-state index in [-0.39, 0.29) is 35.3 Å². The number of pyridine rings is 1. The zero-order valence-electron chi connectivity index (χ0n) is 35.7. The van der Waals surface area contributed by atoms with Gasteiger partial charge in [-0.2, -0.15) is 0 Å². The Labute approximate surface area is 357 Å². The van der Waals surface area contributed by atoms with E-state index >= 15 is 0 Å². The van der Waals surface area contributed by atoms with E-state index in [1.54, 1.807) is 24.1 Å². The monoisotopic (exact) mass is 839 g/mol. The van der Waals surface area contributed by atoms with Gasteiger partial charge in [0.15, 0.2) is 22.5 Å². The third-order valence-electron chi connectivity index (χ3n) is 12.9. The minimum atomic E-state index is -1.17. The van der Waals surface area contributed by atoms with Gasteiger partial charge >= 0.3 is 5.97 Å². The summed E-state index contributed by atoms with van der Waals surface area (Å²) < 4.78 is 8.03. The van der Waals surface area contributed by atoms with Gasteiger partial charge in [-0.1, -0.05) is 37.3 Å². The predicted molar refractivity (Wildman–Crippen MR) is 238 cm³/mol. The first-order chi connectivity index (χ1) is 28.7. The van der Waals surface area contributed by atoms with Crippen molar-refractivity contribution >= 4 is 61.4 Å². The number of aromatic carboxylic acids is 1. The minimum Gasteiger partial charge on any atom is -0.476 e. The van der Waals surface area contributed by atoms with Gasteiger partial charge in [0.05, 0.1) is 22.4 Å². The van der Waals surface area contributed by atoms with Crippen LogP contribution in [0.3, 0.4) is 0 Å². The van der Waals surface area contributed by atoms with Crippen molar-refractivity contribution in [2.75, 3.05) is 63.3 Å². The van der Waals surface area contributed by atoms with Crippen molar-refractivity contribution in [2.45, 2.75) is 84.7 Å². The highest BCUT2D eigenvalue weighted by Gasteiger charge is 2.60. The summed E-state index contributed by atoms with van der Waals surface area (Å²) in [5, 5.41) is 42.1. The Morgan fingerprint density at radius 3 is 2.42 bits per heavy atom. The summed E-state index contributed by atoms with van der Waals surface area (Å²) in [6.45, 7) is 12.7. The molecular weight excluding hydrogens is 779 g/mol. The van der Waals surface area contributed by atoms with E-state index in [9.17, 15) is 20.1 Å². The van der Waals surface area contributed by atoms with Crippen molar-refractivity contribution in [2.24, 2.45) is 33.4 Å². The number of para-hydroxylation sites is 1. The normalized spacial score (nSPS) is 25.3. The topological polar surface area (TPSA) is 195 Å². The number of fused-ring (bicyclic) bond motifs is 2. The largest absolute Gasteiger partial charge is 0.476 e. The molecule has 0 aliphatic heterocycles. The molecule has 4 aliphatic carbocycles. The van der Waals surface area contributed by atoms with Crippen molar-refractivity contribution in [3.05, 3.63) is 65.5 Å². The number of carboxylic acid groups (broad SMARTS) is 1. The lowest BCUT2D eigenvalue weighted by Gasteiger charge is -2.56. The van der Waals surface area contributed by atoms with Gasteiger partial charge in [0.2, 0.25) is 0 Å². The zero-order chi connectivity index (χ0) is 42.7. The lowest BCUT2D eigenvalue weighted by molar-refractivity contribution is -0.165. The van der Waals surface area contributed by atoms with Crippen LogP contribution in [0.4, 0.5) is 22.6 Å². The van der Waals surface area contributed by atoms with Crippen LogP contribution in [0.1, 0.15) is 93.8 Å². The Morgan fingerprint density at radius 1 is 1.00 bits per heavy atom. The molecule has 8 rings (SSSR count). The number of aromatic nitrogens is 4. The number of benzene rings is 1. The van der Waals surface area contributed by atoms with Gasteiger partial charge in [0, 0.05) is 69.5 Å². The van der Waals surface area contributed by atoms with Gasteiger partial charge < -0.3 is 40.9 Å². The zero-order valence-corrected chi connectivity index (χ0v) is 36.5. The van der Waals surface area contributed by atoms with E-state index in [2.05, 4.69) is 44.2 Å². The van der Waals surface area contributed by atoms with Crippen LogP contribution in [0.15, 0.2) is 53.7 Å². The van der Waals surface area contributed by atoms with Crippen molar-refractivity contribution in [3.63, 3.8) is 0 Å². The van der Waals surface area contributed by atoms with E-state index in [1.807, 2.05) is 44.2 Å². The van der Waals surface area contributed by atoms with Crippen LogP contribution < -0.4 is 16.0 Å². The first-order valence-corrected chi connectivity index (χ1v) is 22.0. The highest BCUT2D eigenvalue weighted by atomic mass is 32.1. The summed E-state index contributed by atoms with van der Waals surface area (Å²) in [6, 6.07) is 13.3. The predicted octanol–water partition coefficient (Wildman–Crippen LogP) is 7.21. The second-order valence-electron chi connectivity index (χ2n) is 18.1. The molecule has 4 aromatic rings. The van der Waals surface area contributed by atoms with E-state index in [4.69, 9.17) is 15.5 Å². The first-order valence-electron chi connectivity index (χ1n) is 21.2. The highest BCUT2D eigenvalue weighted by Crippen LogP contribution is 2.66. The Balaban J connectivity index is 1.04. The van der Waals surface area contributed by atoms with Crippen LogP contribution in [0.5, 0.6) is 0 Å². The van der Waals surface area contributed by atoms with Crippen molar-refractivity contribution < 1.29 is 24.9 Å². The van der Waals surface area contributed by atoms with E-state index < -0.39 is 5.97 Å². The van der Waals surface area contributed by atoms with Gasteiger partial charge in [-0.25, -0.2) is 14.8 Å². The molecule has 4 fully saturated rings. The average Bonchev–Trinajstić information content (AvgIpc) is 3.56. The highest BCUT2D eigenvalue weighted by molar-refractivity contribution is 7.22. The molecule has 5 unspecified atom stereocenters. The number of allylic oxidation sites excluding steroid dienone is 1. The molecule has 14 nitrogen and oxygen atoms in total. The van der Waals surface area contributed by atoms with Crippen LogP contribution in [0.25, 0.3) is 15.8 Å². The molecule has 0 saturated heterocycles. The molecule has 0 spiro atoms. The summed E-state index contributed by atoms with van der Waals surface area (Å²) in [7, 11) is 1.78. The van der Waals surface area contributed by atoms with Gasteiger partial charge in [-0.3, -0.25) is 4.99 Å². The number of aliphatic hydroxyl groups is 2. The van der Waals surface area contributed by atoms with Crippen LogP contribution in [0, 0.1) is 29.6 Å². The second kappa shape index (κ2) is 18.2. The van der Waals surface area contributed by atoms with Crippen LogP contribution in [0.2, 0.25) is 0 Å². The number of ether oxygens (including phenoxy) is 1. The molecular formula is C45H61N9O5S. The van der Waals surface area contributed by atoms with E-state index in [1.165, 1.54) is 24.0 Å². The fraction of sp³-hybridized carbons (Fsp3) is 0.556. The molecule has 1 aromatic carbocycles. The molecule has 3 heterocycles. The Kier molecular flexibility index (Phi) is 13.2. The Hall–Kier alpha value is -4.54. The number of carboxylic acids is 1. The van der Waals surface area contributed by atoms with Gasteiger partial charge in [0.25, 0.3) is 0 Å². The quantitative estimate of drug-likeness (QED) is 0.0595. The van der Waals surface area contributed by atoms with Crippen LogP contribution in [-0.4, -0.2) is 111 Å². The SMILES string of the molecule is CC(=NCC1CC2(C)CC3(C)CC1CC(OCCN(CCCO)CCCO)(C2)C3)/C(=C\N)c1ccc(N(C)c2cc(C)c(Nc3nc4ccccc4s3)nn2)nc1C(=O)O. The summed E-state index contributed by atoms with van der Waals surface area (Å²) >= 11 is 1.54. The van der Waals surface area contributed by atoms with Crippen LogP contribution in [-0.2, 0) is 4.74 Å². The summed E-state index contributed by atoms with van der Waals surface area (Å²) in [5.74, 6) is 1.14. The number of anilines is 4. The number of carbonyl (C=O) groups is 1. The smallest absolute Gasteiger partial charge is 0.355 e. The van der Waals surface area contributed by atoms with Gasteiger partial charge in [-0.05, 0) is 124 Å². The third kappa shape index (κ3) is 9.65. The van der Waals surface area contributed by atoms with Crippen molar-refractivity contribution in [1.82, 2.24) is 25.1 Å². The molecule has 4 saturated carbocycles. The fourth-order valence-electron chi connectivity index (χ4n) is 10.9. The maximum absolute atomic E-state index is 12.8. The van der Waals surface area contributed by atoms with Crippen molar-refractivity contribution in [3.8, 4) is 0 Å². The molecule has 0 radical (unpaired) electrons. The first kappa shape index (κ1) is 43.5. The number of nitrogens with zero attached hydrogens (tertiary/aromatic N) is 7. The number of hydrogen-bond acceptors (Lipinski definition) is 14. The van der Waals surface area contributed by atoms with E-state index in [0.29, 0.717) is 72.1 Å². The molecule has 5 atom stereocenters. The number of aliphatic imine (C=N–C) groups is 1. The molecule has 3 aromatic heterocycles. The summed E-state index contributed by atoms with van der Waals surface area (Å²) in [5.41, 5.74) is 9.66. The van der Waals surface area contributed by atoms with Gasteiger partial charge in [-0.15, -0.1) is 10.2 Å². The number of thiazole rings is 1. The standard InChI is InChI=1S/C45H61N9O5S/c1-29-20-38(51-52-40(29)50-42-48-35-10-6-7-11-36(35)60-42)53(5)37-13-12-33(39(49-37)41(57)58)34(24-46)30(2)47-25-32-22-44(4)26-43(3)21-31(32)23-45(27-43,28-44)59-19-16-54(14-8-17-55)15-9-18-56/h6-7,10-13,20,24,31-32,55-56H,8-9,14-19,21-23,25-28,46H2,1-5H3,(H,57,58)(H,48,50,52)/b34-24+,47-30?. The molecule has 4 aliphatic rings. The number of aryl methyl sites for hydroxylation is 1. The average molecular weight is 840 g/mol. The molecule has 15 heteroatoms. The molecule has 6 N–H and O–H groups in total. The second-order valence-corrected chi connectivity index (χ2v) is 19.1. The van der Waals surface area contributed by atoms with Gasteiger partial charge in [0.1, 0.15) is 5.82 Å². The van der Waals surface area contributed by atoms with Crippen LogP contribution >= 0.6 is 11.3 Å². The number of nitrogens with two attached hydrogens (primary N) is 1.